The summed E-state index contributed by atoms with van der Waals surface area (Å²) >= 11 is 6.98. The molecule has 2 aromatic heterocycles. The zero-order valence-electron chi connectivity index (χ0n) is 9.01. The molecule has 0 radical (unpaired) electrons. The highest BCUT2D eigenvalue weighted by Crippen LogP contribution is 2.39. The van der Waals surface area contributed by atoms with Crippen molar-refractivity contribution in [1.29, 1.82) is 0 Å². The van der Waals surface area contributed by atoms with Crippen molar-refractivity contribution in [3.8, 4) is 10.7 Å². The standard InChI is InChI=1S/C11H13N3S2/c1-7-5-8(7)6-14-10(12-13-11(14)15)9-3-2-4-16-9/h2-4,7-8H,5-6H2,1H3,(H,13,15). The first-order valence-electron chi connectivity index (χ1n) is 5.45. The number of aromatic amines is 1. The summed E-state index contributed by atoms with van der Waals surface area (Å²) in [5.74, 6) is 2.61. The van der Waals surface area contributed by atoms with E-state index in [4.69, 9.17) is 12.2 Å². The van der Waals surface area contributed by atoms with Crippen LogP contribution >= 0.6 is 23.6 Å². The summed E-state index contributed by atoms with van der Waals surface area (Å²) < 4.78 is 2.87. The molecule has 0 bridgehead atoms. The van der Waals surface area contributed by atoms with Gasteiger partial charge < -0.3 is 0 Å². The van der Waals surface area contributed by atoms with E-state index in [1.54, 1.807) is 11.3 Å². The fourth-order valence-corrected chi connectivity index (χ4v) is 2.90. The quantitative estimate of drug-likeness (QED) is 0.849. The highest BCUT2D eigenvalue weighted by Gasteiger charge is 2.33. The minimum Gasteiger partial charge on any atom is -0.299 e. The Morgan fingerprint density at radius 1 is 1.69 bits per heavy atom. The van der Waals surface area contributed by atoms with Gasteiger partial charge in [0.05, 0.1) is 4.88 Å². The van der Waals surface area contributed by atoms with Crippen molar-refractivity contribution >= 4 is 23.6 Å². The van der Waals surface area contributed by atoms with E-state index in [1.165, 1.54) is 11.3 Å². The molecular weight excluding hydrogens is 238 g/mol. The van der Waals surface area contributed by atoms with Crippen molar-refractivity contribution in [3.63, 3.8) is 0 Å². The third kappa shape index (κ3) is 1.74. The van der Waals surface area contributed by atoms with Crippen molar-refractivity contribution < 1.29 is 0 Å². The normalized spacial score (nSPS) is 23.6. The van der Waals surface area contributed by atoms with Crippen LogP contribution in [0.25, 0.3) is 10.7 Å². The van der Waals surface area contributed by atoms with Gasteiger partial charge >= 0.3 is 0 Å². The van der Waals surface area contributed by atoms with E-state index >= 15 is 0 Å². The minimum atomic E-state index is 0.738. The van der Waals surface area contributed by atoms with Crippen molar-refractivity contribution in [2.24, 2.45) is 11.8 Å². The lowest BCUT2D eigenvalue weighted by molar-refractivity contribution is 0.591. The van der Waals surface area contributed by atoms with Gasteiger partial charge in [-0.25, -0.2) is 0 Å². The largest absolute Gasteiger partial charge is 0.299 e. The lowest BCUT2D eigenvalue weighted by Crippen LogP contribution is -2.02. The Hall–Kier alpha value is -0.940. The Kier molecular flexibility index (Phi) is 2.44. The lowest BCUT2D eigenvalue weighted by Gasteiger charge is -2.03. The molecule has 2 heterocycles. The average molecular weight is 251 g/mol. The fourth-order valence-electron chi connectivity index (χ4n) is 1.97. The van der Waals surface area contributed by atoms with Crippen LogP contribution in [0.2, 0.25) is 0 Å². The molecule has 5 heteroatoms. The molecule has 3 nitrogen and oxygen atoms in total. The third-order valence-electron chi connectivity index (χ3n) is 3.19. The molecule has 0 amide bonds. The summed E-state index contributed by atoms with van der Waals surface area (Å²) in [7, 11) is 0. The van der Waals surface area contributed by atoms with Crippen LogP contribution in [0.15, 0.2) is 17.5 Å². The van der Waals surface area contributed by atoms with Gasteiger partial charge in [0, 0.05) is 6.54 Å². The molecule has 1 aliphatic carbocycles. The molecule has 1 aliphatic rings. The Balaban J connectivity index is 1.96. The van der Waals surface area contributed by atoms with Gasteiger partial charge in [0.15, 0.2) is 10.6 Å². The first-order chi connectivity index (χ1) is 7.75. The van der Waals surface area contributed by atoms with E-state index in [1.807, 2.05) is 6.07 Å². The Morgan fingerprint density at radius 3 is 3.12 bits per heavy atom. The number of nitrogens with zero attached hydrogens (tertiary/aromatic N) is 2. The minimum absolute atomic E-state index is 0.738. The highest BCUT2D eigenvalue weighted by molar-refractivity contribution is 7.71. The van der Waals surface area contributed by atoms with Crippen LogP contribution in [0.5, 0.6) is 0 Å². The van der Waals surface area contributed by atoms with Gasteiger partial charge in [0.25, 0.3) is 0 Å². The maximum Gasteiger partial charge on any atom is 0.195 e. The predicted octanol–water partition coefficient (Wildman–Crippen LogP) is 3.33. The van der Waals surface area contributed by atoms with Crippen LogP contribution in [0, 0.1) is 16.6 Å². The SMILES string of the molecule is CC1CC1Cn1c(-c2cccs2)n[nH]c1=S. The molecule has 0 saturated heterocycles. The lowest BCUT2D eigenvalue weighted by atomic mass is 10.3. The molecule has 2 unspecified atom stereocenters. The molecule has 0 aliphatic heterocycles. The maximum absolute atomic E-state index is 5.28. The zero-order chi connectivity index (χ0) is 11.1. The van der Waals surface area contributed by atoms with Crippen LogP contribution < -0.4 is 0 Å². The maximum atomic E-state index is 5.28. The number of hydrogen-bond donors (Lipinski definition) is 1. The summed E-state index contributed by atoms with van der Waals surface area (Å²) in [5.41, 5.74) is 0. The van der Waals surface area contributed by atoms with Gasteiger partial charge in [-0.15, -0.1) is 11.3 Å². The summed E-state index contributed by atoms with van der Waals surface area (Å²) in [6.07, 6.45) is 1.32. The number of nitrogens with one attached hydrogen (secondary N) is 1. The molecule has 2 atom stereocenters. The summed E-state index contributed by atoms with van der Waals surface area (Å²) in [5, 5.41) is 9.28. The molecule has 0 aromatic carbocycles. The molecule has 1 fully saturated rings. The highest BCUT2D eigenvalue weighted by atomic mass is 32.1. The molecule has 0 spiro atoms. The van der Waals surface area contributed by atoms with Gasteiger partial charge in [-0.05, 0) is 41.9 Å². The van der Waals surface area contributed by atoms with E-state index in [0.29, 0.717) is 0 Å². The summed E-state index contributed by atoms with van der Waals surface area (Å²) in [6, 6.07) is 4.13. The van der Waals surface area contributed by atoms with Crippen LogP contribution in [-0.2, 0) is 6.54 Å². The molecule has 2 aromatic rings. The molecule has 16 heavy (non-hydrogen) atoms. The predicted molar refractivity (Wildman–Crippen MR) is 68.0 cm³/mol. The first kappa shape index (κ1) is 10.2. The van der Waals surface area contributed by atoms with Gasteiger partial charge in [-0.3, -0.25) is 9.67 Å². The smallest absolute Gasteiger partial charge is 0.195 e. The zero-order valence-corrected chi connectivity index (χ0v) is 10.6. The number of H-pyrrole nitrogens is 1. The van der Waals surface area contributed by atoms with Crippen LogP contribution in [-0.4, -0.2) is 14.8 Å². The number of hydrogen-bond acceptors (Lipinski definition) is 3. The summed E-state index contributed by atoms with van der Waals surface area (Å²) in [4.78, 5) is 1.18. The number of thiophene rings is 1. The fraction of sp³-hybridized carbons (Fsp3) is 0.455. The second-order valence-corrected chi connectivity index (χ2v) is 5.75. The van der Waals surface area contributed by atoms with Gasteiger partial charge in [-0.1, -0.05) is 13.0 Å². The van der Waals surface area contributed by atoms with Crippen molar-refractivity contribution in [2.45, 2.75) is 19.9 Å². The van der Waals surface area contributed by atoms with Crippen molar-refractivity contribution in [2.75, 3.05) is 0 Å². The first-order valence-corrected chi connectivity index (χ1v) is 6.73. The van der Waals surface area contributed by atoms with E-state index < -0.39 is 0 Å². The van der Waals surface area contributed by atoms with E-state index in [0.717, 1.165) is 29.0 Å². The van der Waals surface area contributed by atoms with E-state index in [9.17, 15) is 0 Å². The molecule has 84 valence electrons. The monoisotopic (exact) mass is 251 g/mol. The average Bonchev–Trinajstić information content (AvgIpc) is 2.73. The topological polar surface area (TPSA) is 33.6 Å². The summed E-state index contributed by atoms with van der Waals surface area (Å²) in [6.45, 7) is 3.29. The molecular formula is C11H13N3S2. The Labute approximate surface area is 103 Å². The van der Waals surface area contributed by atoms with Crippen LogP contribution in [0.1, 0.15) is 13.3 Å². The van der Waals surface area contributed by atoms with Crippen LogP contribution in [0.4, 0.5) is 0 Å². The second kappa shape index (κ2) is 3.82. The molecule has 3 rings (SSSR count). The van der Waals surface area contributed by atoms with Gasteiger partial charge in [0.2, 0.25) is 0 Å². The second-order valence-electron chi connectivity index (χ2n) is 4.41. The van der Waals surface area contributed by atoms with E-state index in [-0.39, 0.29) is 0 Å². The van der Waals surface area contributed by atoms with Gasteiger partial charge in [0.1, 0.15) is 0 Å². The Morgan fingerprint density at radius 2 is 2.50 bits per heavy atom. The van der Waals surface area contributed by atoms with Gasteiger partial charge in [-0.2, -0.15) is 5.10 Å². The molecule has 1 saturated carbocycles. The van der Waals surface area contributed by atoms with Crippen molar-refractivity contribution in [3.05, 3.63) is 22.3 Å². The van der Waals surface area contributed by atoms with Crippen molar-refractivity contribution in [1.82, 2.24) is 14.8 Å². The van der Waals surface area contributed by atoms with Crippen LogP contribution in [0.3, 0.4) is 0 Å². The van der Waals surface area contributed by atoms with E-state index in [2.05, 4.69) is 33.1 Å². The third-order valence-corrected chi connectivity index (χ3v) is 4.37. The number of rotatable bonds is 3. The number of aromatic nitrogens is 3. The Bertz CT molecular complexity index is 538. The molecule has 1 N–H and O–H groups in total.